The fourth-order valence-electron chi connectivity index (χ4n) is 2.09. The summed E-state index contributed by atoms with van der Waals surface area (Å²) in [5.41, 5.74) is 1.54. The Morgan fingerprint density at radius 3 is 2.88 bits per heavy atom. The number of cyclic esters (lactones) is 1. The van der Waals surface area contributed by atoms with Crippen LogP contribution in [0.3, 0.4) is 0 Å². The fraction of sp³-hybridized carbons (Fsp3) is 0.462. The van der Waals surface area contributed by atoms with Crippen LogP contribution < -0.4 is 5.32 Å². The molecule has 92 valence electrons. The second-order valence-electron chi connectivity index (χ2n) is 5.20. The van der Waals surface area contributed by atoms with E-state index in [1.165, 1.54) is 0 Å². The normalized spacial score (nSPS) is 22.8. The molecule has 4 nitrogen and oxygen atoms in total. The smallest absolute Gasteiger partial charge is 0.407 e. The van der Waals surface area contributed by atoms with E-state index < -0.39 is 6.09 Å². The molecule has 0 spiro atoms. The number of alkyl carbamates (subject to hydrolysis) is 1. The number of ether oxygens (including phenoxy) is 1. The van der Waals surface area contributed by atoms with Crippen molar-refractivity contribution in [1.29, 1.82) is 0 Å². The summed E-state index contributed by atoms with van der Waals surface area (Å²) in [5, 5.41) is 12.7. The standard InChI is InChI=1S/C13H17NO3/c1-8-4-5-10(15)9(6-8)11-13(2,3)7-17-12(16)14-11/h4-6,11,15H,7H2,1-3H3,(H,14,16)/t11-/m0/s1. The summed E-state index contributed by atoms with van der Waals surface area (Å²) in [7, 11) is 0. The van der Waals surface area contributed by atoms with Crippen molar-refractivity contribution >= 4 is 6.09 Å². The molecule has 2 N–H and O–H groups in total. The molecule has 1 aromatic rings. The molecule has 1 amide bonds. The minimum absolute atomic E-state index is 0.205. The van der Waals surface area contributed by atoms with Gasteiger partial charge in [-0.1, -0.05) is 31.5 Å². The van der Waals surface area contributed by atoms with Gasteiger partial charge in [0.05, 0.1) is 6.04 Å². The Labute approximate surface area is 101 Å². The molecule has 0 aromatic heterocycles. The van der Waals surface area contributed by atoms with Gasteiger partial charge in [0.2, 0.25) is 0 Å². The second-order valence-corrected chi connectivity index (χ2v) is 5.20. The molecule has 0 unspecified atom stereocenters. The number of aryl methyl sites for hydroxylation is 1. The van der Waals surface area contributed by atoms with Gasteiger partial charge in [0, 0.05) is 11.0 Å². The maximum absolute atomic E-state index is 11.3. The van der Waals surface area contributed by atoms with Crippen LogP contribution in [-0.4, -0.2) is 17.8 Å². The number of carbonyl (C=O) groups is 1. The van der Waals surface area contributed by atoms with E-state index >= 15 is 0 Å². The zero-order valence-corrected chi connectivity index (χ0v) is 10.3. The summed E-state index contributed by atoms with van der Waals surface area (Å²) in [4.78, 5) is 11.3. The number of phenolic OH excluding ortho intramolecular Hbond substituents is 1. The highest BCUT2D eigenvalue weighted by atomic mass is 16.6. The van der Waals surface area contributed by atoms with E-state index in [1.807, 2.05) is 32.9 Å². The molecule has 1 fully saturated rings. The van der Waals surface area contributed by atoms with Crippen LogP contribution in [0.4, 0.5) is 4.79 Å². The summed E-state index contributed by atoms with van der Waals surface area (Å²) >= 11 is 0. The highest BCUT2D eigenvalue weighted by Gasteiger charge is 2.39. The molecule has 0 aliphatic carbocycles. The van der Waals surface area contributed by atoms with Crippen molar-refractivity contribution in [3.8, 4) is 5.75 Å². The van der Waals surface area contributed by atoms with Gasteiger partial charge in [-0.05, 0) is 13.0 Å². The van der Waals surface area contributed by atoms with Gasteiger partial charge in [-0.2, -0.15) is 0 Å². The van der Waals surface area contributed by atoms with Crippen LogP contribution in [0.1, 0.15) is 31.0 Å². The first kappa shape index (κ1) is 11.8. The summed E-state index contributed by atoms with van der Waals surface area (Å²) in [6, 6.07) is 5.16. The van der Waals surface area contributed by atoms with Gasteiger partial charge in [0.15, 0.2) is 0 Å². The average Bonchev–Trinajstić information content (AvgIpc) is 2.26. The topological polar surface area (TPSA) is 58.6 Å². The molecule has 17 heavy (non-hydrogen) atoms. The van der Waals surface area contributed by atoms with Crippen LogP contribution in [0.25, 0.3) is 0 Å². The van der Waals surface area contributed by atoms with Gasteiger partial charge in [0.1, 0.15) is 12.4 Å². The molecule has 0 bridgehead atoms. The Morgan fingerprint density at radius 1 is 1.47 bits per heavy atom. The van der Waals surface area contributed by atoms with Crippen LogP contribution in [0.2, 0.25) is 0 Å². The predicted molar refractivity (Wildman–Crippen MR) is 63.8 cm³/mol. The lowest BCUT2D eigenvalue weighted by molar-refractivity contribution is 0.0381. The van der Waals surface area contributed by atoms with Crippen molar-refractivity contribution in [2.75, 3.05) is 6.61 Å². The molecule has 1 heterocycles. The molecule has 1 aliphatic rings. The first-order valence-corrected chi connectivity index (χ1v) is 5.63. The lowest BCUT2D eigenvalue weighted by Crippen LogP contribution is -2.46. The maximum Gasteiger partial charge on any atom is 0.407 e. The molecule has 1 saturated heterocycles. The molecule has 1 atom stereocenters. The lowest BCUT2D eigenvalue weighted by atomic mass is 9.80. The lowest BCUT2D eigenvalue weighted by Gasteiger charge is -2.38. The molecule has 0 saturated carbocycles. The summed E-state index contributed by atoms with van der Waals surface area (Å²) in [5.74, 6) is 0.205. The van der Waals surface area contributed by atoms with Gasteiger partial charge in [-0.15, -0.1) is 0 Å². The largest absolute Gasteiger partial charge is 0.508 e. The van der Waals surface area contributed by atoms with Crippen molar-refractivity contribution in [2.24, 2.45) is 5.41 Å². The number of rotatable bonds is 1. The average molecular weight is 235 g/mol. The molecule has 0 radical (unpaired) electrons. The van der Waals surface area contributed by atoms with Crippen molar-refractivity contribution in [2.45, 2.75) is 26.8 Å². The molecule has 4 heteroatoms. The van der Waals surface area contributed by atoms with Crippen LogP contribution in [-0.2, 0) is 4.74 Å². The van der Waals surface area contributed by atoms with Crippen molar-refractivity contribution in [3.63, 3.8) is 0 Å². The zero-order chi connectivity index (χ0) is 12.6. The number of hydrogen-bond acceptors (Lipinski definition) is 3. The third-order valence-corrected chi connectivity index (χ3v) is 3.11. The third-order valence-electron chi connectivity index (χ3n) is 3.11. The van der Waals surface area contributed by atoms with Crippen LogP contribution in [0.15, 0.2) is 18.2 Å². The van der Waals surface area contributed by atoms with E-state index in [0.29, 0.717) is 6.61 Å². The van der Waals surface area contributed by atoms with Crippen LogP contribution in [0, 0.1) is 12.3 Å². The number of phenols is 1. The minimum Gasteiger partial charge on any atom is -0.508 e. The fourth-order valence-corrected chi connectivity index (χ4v) is 2.09. The van der Waals surface area contributed by atoms with Crippen molar-refractivity contribution < 1.29 is 14.6 Å². The minimum atomic E-state index is -0.435. The number of nitrogens with one attached hydrogen (secondary N) is 1. The Morgan fingerprint density at radius 2 is 2.18 bits per heavy atom. The number of amides is 1. The van der Waals surface area contributed by atoms with E-state index in [-0.39, 0.29) is 17.2 Å². The molecule has 1 aliphatic heterocycles. The Kier molecular flexibility index (Phi) is 2.73. The Balaban J connectivity index is 2.42. The van der Waals surface area contributed by atoms with Crippen LogP contribution >= 0.6 is 0 Å². The SMILES string of the molecule is Cc1ccc(O)c([C@@H]2NC(=O)OCC2(C)C)c1. The van der Waals surface area contributed by atoms with E-state index in [2.05, 4.69) is 5.32 Å². The summed E-state index contributed by atoms with van der Waals surface area (Å²) in [6.07, 6.45) is -0.435. The first-order valence-electron chi connectivity index (χ1n) is 5.63. The molecular formula is C13H17NO3. The van der Waals surface area contributed by atoms with Gasteiger partial charge in [0.25, 0.3) is 0 Å². The monoisotopic (exact) mass is 235 g/mol. The highest BCUT2D eigenvalue weighted by Crippen LogP contribution is 2.40. The van der Waals surface area contributed by atoms with Crippen LogP contribution in [0.5, 0.6) is 5.75 Å². The Hall–Kier alpha value is -1.71. The second kappa shape index (κ2) is 3.95. The van der Waals surface area contributed by atoms with Crippen molar-refractivity contribution in [3.05, 3.63) is 29.3 Å². The number of aromatic hydroxyl groups is 1. The first-order chi connectivity index (χ1) is 7.90. The molecular weight excluding hydrogens is 218 g/mol. The number of hydrogen-bond donors (Lipinski definition) is 2. The van der Waals surface area contributed by atoms with Crippen molar-refractivity contribution in [1.82, 2.24) is 5.32 Å². The molecule has 2 rings (SSSR count). The quantitative estimate of drug-likeness (QED) is 0.786. The van der Waals surface area contributed by atoms with E-state index in [4.69, 9.17) is 4.74 Å². The zero-order valence-electron chi connectivity index (χ0n) is 10.3. The van der Waals surface area contributed by atoms with E-state index in [9.17, 15) is 9.90 Å². The van der Waals surface area contributed by atoms with Gasteiger partial charge >= 0.3 is 6.09 Å². The third kappa shape index (κ3) is 2.20. The van der Waals surface area contributed by atoms with E-state index in [1.54, 1.807) is 6.07 Å². The predicted octanol–water partition coefficient (Wildman–Crippen LogP) is 2.51. The Bertz CT molecular complexity index is 454. The molecule has 1 aromatic carbocycles. The highest BCUT2D eigenvalue weighted by molar-refractivity contribution is 5.69. The summed E-state index contributed by atoms with van der Waals surface area (Å²) in [6.45, 7) is 6.30. The summed E-state index contributed by atoms with van der Waals surface area (Å²) < 4.78 is 4.98. The van der Waals surface area contributed by atoms with Gasteiger partial charge in [-0.25, -0.2) is 4.79 Å². The number of carbonyl (C=O) groups excluding carboxylic acids is 1. The maximum atomic E-state index is 11.3. The van der Waals surface area contributed by atoms with Gasteiger partial charge < -0.3 is 15.2 Å². The van der Waals surface area contributed by atoms with E-state index in [0.717, 1.165) is 11.1 Å². The number of benzene rings is 1. The van der Waals surface area contributed by atoms with Gasteiger partial charge in [-0.3, -0.25) is 0 Å².